The summed E-state index contributed by atoms with van der Waals surface area (Å²) in [6.45, 7) is 4.45. The first-order valence-electron chi connectivity index (χ1n) is 9.96. The van der Waals surface area contributed by atoms with E-state index in [2.05, 4.69) is 31.0 Å². The van der Waals surface area contributed by atoms with Crippen LogP contribution in [0.2, 0.25) is 0 Å². The molecule has 1 saturated carbocycles. The van der Waals surface area contributed by atoms with Crippen molar-refractivity contribution in [1.29, 1.82) is 0 Å². The lowest BCUT2D eigenvalue weighted by molar-refractivity contribution is 0.319. The van der Waals surface area contributed by atoms with Crippen LogP contribution < -0.4 is 0 Å². The molecule has 0 saturated heterocycles. The highest BCUT2D eigenvalue weighted by molar-refractivity contribution is 5.65. The lowest BCUT2D eigenvalue weighted by Gasteiger charge is -2.29. The van der Waals surface area contributed by atoms with Crippen molar-refractivity contribution in [3.05, 3.63) is 53.5 Å². The summed E-state index contributed by atoms with van der Waals surface area (Å²) in [7, 11) is 0. The van der Waals surface area contributed by atoms with Crippen LogP contribution in [-0.4, -0.2) is 4.98 Å². The molecule has 1 aromatic carbocycles. The highest BCUT2D eigenvalue weighted by Gasteiger charge is 2.24. The van der Waals surface area contributed by atoms with Crippen LogP contribution in [0.3, 0.4) is 0 Å². The van der Waals surface area contributed by atoms with E-state index >= 15 is 0 Å². The number of benzene rings is 1. The average Bonchev–Trinajstić information content (AvgIpc) is 2.66. The molecule has 1 heterocycles. The van der Waals surface area contributed by atoms with E-state index < -0.39 is 0 Å². The van der Waals surface area contributed by atoms with Gasteiger partial charge in [0.1, 0.15) is 5.82 Å². The second-order valence-electron chi connectivity index (χ2n) is 7.48. The van der Waals surface area contributed by atoms with Crippen molar-refractivity contribution in [1.82, 2.24) is 4.98 Å². The summed E-state index contributed by atoms with van der Waals surface area (Å²) in [5.41, 5.74) is 3.83. The topological polar surface area (TPSA) is 12.9 Å². The standard InChI is InChI=1S/C23H30FN/c1-3-5-7-18-11-14-21(22(24)16-18)23-20(8-6-15-25-23)19-12-9-17(4-2)10-13-19/h6,8,11,14-17,19H,3-5,7,9-10,12-13H2,1-2H3. The van der Waals surface area contributed by atoms with E-state index in [9.17, 15) is 4.39 Å². The molecule has 1 aromatic heterocycles. The Morgan fingerprint density at radius 2 is 1.88 bits per heavy atom. The van der Waals surface area contributed by atoms with Crippen molar-refractivity contribution >= 4 is 0 Å². The Morgan fingerprint density at radius 3 is 2.56 bits per heavy atom. The van der Waals surface area contributed by atoms with Gasteiger partial charge in [0, 0.05) is 11.8 Å². The van der Waals surface area contributed by atoms with Gasteiger partial charge in [-0.2, -0.15) is 0 Å². The van der Waals surface area contributed by atoms with Crippen molar-refractivity contribution in [2.75, 3.05) is 0 Å². The summed E-state index contributed by atoms with van der Waals surface area (Å²) in [5.74, 6) is 1.26. The molecule has 1 aliphatic carbocycles. The molecule has 134 valence electrons. The Balaban J connectivity index is 1.86. The largest absolute Gasteiger partial charge is 0.256 e. The van der Waals surface area contributed by atoms with Gasteiger partial charge >= 0.3 is 0 Å². The Morgan fingerprint density at radius 1 is 1.08 bits per heavy atom. The molecule has 0 radical (unpaired) electrons. The van der Waals surface area contributed by atoms with E-state index in [1.54, 1.807) is 12.3 Å². The van der Waals surface area contributed by atoms with E-state index in [1.165, 1.54) is 37.7 Å². The average molecular weight is 339 g/mol. The molecule has 0 aliphatic heterocycles. The molecule has 2 aromatic rings. The predicted octanol–water partition coefficient (Wildman–Crippen LogP) is 6.91. The third-order valence-corrected chi connectivity index (χ3v) is 5.81. The predicted molar refractivity (Wildman–Crippen MR) is 103 cm³/mol. The lowest BCUT2D eigenvalue weighted by atomic mass is 9.77. The molecule has 0 N–H and O–H groups in total. The zero-order chi connectivity index (χ0) is 17.6. The summed E-state index contributed by atoms with van der Waals surface area (Å²) >= 11 is 0. The van der Waals surface area contributed by atoms with E-state index in [0.29, 0.717) is 11.5 Å². The summed E-state index contributed by atoms with van der Waals surface area (Å²) in [4.78, 5) is 4.58. The molecule has 0 spiro atoms. The van der Waals surface area contributed by atoms with Gasteiger partial charge in [0.25, 0.3) is 0 Å². The van der Waals surface area contributed by atoms with Gasteiger partial charge in [0.05, 0.1) is 5.69 Å². The van der Waals surface area contributed by atoms with Crippen LogP contribution in [0.15, 0.2) is 36.5 Å². The molecule has 1 aliphatic rings. The zero-order valence-corrected chi connectivity index (χ0v) is 15.6. The van der Waals surface area contributed by atoms with Gasteiger partial charge in [-0.3, -0.25) is 4.98 Å². The maximum absolute atomic E-state index is 14.8. The Bertz CT molecular complexity index is 686. The number of aromatic nitrogens is 1. The zero-order valence-electron chi connectivity index (χ0n) is 15.6. The van der Waals surface area contributed by atoms with E-state index in [1.807, 2.05) is 12.1 Å². The van der Waals surface area contributed by atoms with Crippen molar-refractivity contribution in [3.8, 4) is 11.3 Å². The van der Waals surface area contributed by atoms with Crippen LogP contribution in [0.5, 0.6) is 0 Å². The van der Waals surface area contributed by atoms with Crippen LogP contribution in [-0.2, 0) is 6.42 Å². The van der Waals surface area contributed by atoms with Crippen molar-refractivity contribution in [2.45, 2.75) is 71.1 Å². The molecule has 25 heavy (non-hydrogen) atoms. The smallest absolute Gasteiger partial charge is 0.132 e. The highest BCUT2D eigenvalue weighted by Crippen LogP contribution is 2.40. The number of unbranched alkanes of at least 4 members (excludes halogenated alkanes) is 1. The van der Waals surface area contributed by atoms with Crippen molar-refractivity contribution in [2.24, 2.45) is 5.92 Å². The first kappa shape index (κ1) is 18.1. The van der Waals surface area contributed by atoms with Crippen LogP contribution >= 0.6 is 0 Å². The molecule has 2 heteroatoms. The van der Waals surface area contributed by atoms with Crippen molar-refractivity contribution < 1.29 is 4.39 Å². The van der Waals surface area contributed by atoms with Gasteiger partial charge in [-0.1, -0.05) is 38.8 Å². The van der Waals surface area contributed by atoms with Gasteiger partial charge < -0.3 is 0 Å². The quantitative estimate of drug-likeness (QED) is 0.557. The van der Waals surface area contributed by atoms with Gasteiger partial charge in [-0.25, -0.2) is 4.39 Å². The Hall–Kier alpha value is -1.70. The maximum atomic E-state index is 14.8. The van der Waals surface area contributed by atoms with Crippen LogP contribution in [0, 0.1) is 11.7 Å². The fourth-order valence-corrected chi connectivity index (χ4v) is 4.14. The summed E-state index contributed by atoms with van der Waals surface area (Å²) in [6.07, 6.45) is 11.2. The Kier molecular flexibility index (Phi) is 6.23. The number of hydrogen-bond acceptors (Lipinski definition) is 1. The summed E-state index contributed by atoms with van der Waals surface area (Å²) in [5, 5.41) is 0. The molecular formula is C23H30FN. The third kappa shape index (κ3) is 4.29. The van der Waals surface area contributed by atoms with Gasteiger partial charge in [-0.15, -0.1) is 0 Å². The normalized spacial score (nSPS) is 20.6. The van der Waals surface area contributed by atoms with E-state index in [4.69, 9.17) is 0 Å². The van der Waals surface area contributed by atoms with Crippen LogP contribution in [0.4, 0.5) is 4.39 Å². The lowest BCUT2D eigenvalue weighted by Crippen LogP contribution is -2.13. The van der Waals surface area contributed by atoms with Gasteiger partial charge in [0.2, 0.25) is 0 Å². The monoisotopic (exact) mass is 339 g/mol. The fraction of sp³-hybridized carbons (Fsp3) is 0.522. The Labute approximate surface area is 151 Å². The molecule has 1 fully saturated rings. The fourth-order valence-electron chi connectivity index (χ4n) is 4.14. The van der Waals surface area contributed by atoms with Crippen LogP contribution in [0.25, 0.3) is 11.3 Å². The van der Waals surface area contributed by atoms with Gasteiger partial charge in [0.15, 0.2) is 0 Å². The number of aryl methyl sites for hydroxylation is 1. The van der Waals surface area contributed by atoms with E-state index in [-0.39, 0.29) is 5.82 Å². The first-order chi connectivity index (χ1) is 12.2. The minimum absolute atomic E-state index is 0.129. The maximum Gasteiger partial charge on any atom is 0.132 e. The molecule has 3 rings (SSSR count). The van der Waals surface area contributed by atoms with Crippen LogP contribution in [0.1, 0.15) is 75.8 Å². The first-order valence-corrected chi connectivity index (χ1v) is 9.96. The number of halogens is 1. The molecule has 0 unspecified atom stereocenters. The van der Waals surface area contributed by atoms with E-state index in [0.717, 1.165) is 36.4 Å². The second kappa shape index (κ2) is 8.60. The number of pyridine rings is 1. The SMILES string of the molecule is CCCCc1ccc(-c2ncccc2C2CCC(CC)CC2)c(F)c1. The number of rotatable bonds is 6. The van der Waals surface area contributed by atoms with Gasteiger partial charge in [-0.05, 0) is 79.7 Å². The third-order valence-electron chi connectivity index (χ3n) is 5.81. The molecular weight excluding hydrogens is 309 g/mol. The minimum Gasteiger partial charge on any atom is -0.256 e. The highest BCUT2D eigenvalue weighted by atomic mass is 19.1. The number of hydrogen-bond donors (Lipinski definition) is 0. The second-order valence-corrected chi connectivity index (χ2v) is 7.48. The molecule has 0 amide bonds. The molecule has 0 bridgehead atoms. The minimum atomic E-state index is -0.129. The molecule has 1 nitrogen and oxygen atoms in total. The summed E-state index contributed by atoms with van der Waals surface area (Å²) < 4.78 is 14.8. The molecule has 0 atom stereocenters. The van der Waals surface area contributed by atoms with Crippen molar-refractivity contribution in [3.63, 3.8) is 0 Å². The number of nitrogens with zero attached hydrogens (tertiary/aromatic N) is 1. The summed E-state index contributed by atoms with van der Waals surface area (Å²) in [6, 6.07) is 9.86.